The van der Waals surface area contributed by atoms with Crippen LogP contribution in [0.25, 0.3) is 0 Å². The number of primary amides is 1. The van der Waals surface area contributed by atoms with E-state index in [4.69, 9.17) is 41.0 Å². The maximum atomic E-state index is 12.9. The van der Waals surface area contributed by atoms with Gasteiger partial charge in [0, 0.05) is 38.6 Å². The molecule has 0 aromatic heterocycles. The minimum absolute atomic E-state index is 0.00829. The van der Waals surface area contributed by atoms with Gasteiger partial charge in [-0.1, -0.05) is 33.8 Å². The Hall–Kier alpha value is -3.46. The molecule has 276 valence electrons. The summed E-state index contributed by atoms with van der Waals surface area (Å²) in [5, 5.41) is 38.0. The molecule has 0 aliphatic carbocycles. The van der Waals surface area contributed by atoms with E-state index >= 15 is 0 Å². The van der Waals surface area contributed by atoms with Crippen molar-refractivity contribution >= 4 is 23.8 Å². The molecule has 0 bridgehead atoms. The average molecular weight is 686 g/mol. The van der Waals surface area contributed by atoms with Crippen molar-refractivity contribution in [1.29, 1.82) is 0 Å². The first kappa shape index (κ1) is 44.5. The molecule has 0 aliphatic rings. The predicted molar refractivity (Wildman–Crippen MR) is 180 cm³/mol. The molecule has 1 aromatic carbocycles. The quantitative estimate of drug-likeness (QED) is 0.0869. The fourth-order valence-corrected chi connectivity index (χ4v) is 4.64. The van der Waals surface area contributed by atoms with E-state index in [-0.39, 0.29) is 30.7 Å². The van der Waals surface area contributed by atoms with Gasteiger partial charge in [0.05, 0.1) is 31.7 Å². The predicted octanol–water partition coefficient (Wildman–Crippen LogP) is 2.20. The number of nitrogens with one attached hydrogen (secondary N) is 1. The molecule has 0 saturated carbocycles. The van der Waals surface area contributed by atoms with Crippen molar-refractivity contribution in [2.75, 3.05) is 34.0 Å². The summed E-state index contributed by atoms with van der Waals surface area (Å²) < 4.78 is 16.5. The van der Waals surface area contributed by atoms with Crippen molar-refractivity contribution in [3.05, 3.63) is 23.8 Å². The Morgan fingerprint density at radius 1 is 0.938 bits per heavy atom. The molecule has 0 unspecified atom stereocenters. The smallest absolute Gasteiger partial charge is 0.333 e. The van der Waals surface area contributed by atoms with E-state index in [1.54, 1.807) is 28.1 Å². The van der Waals surface area contributed by atoms with Crippen molar-refractivity contribution in [3.8, 4) is 11.5 Å². The average Bonchev–Trinajstić information content (AvgIpc) is 3.00. The number of carbonyl (C=O) groups excluding carboxylic acids is 2. The minimum Gasteiger partial charge on any atom is -0.493 e. The molecular weight excluding hydrogens is 626 g/mol. The number of carbonyl (C=O) groups is 4. The van der Waals surface area contributed by atoms with Crippen molar-refractivity contribution in [2.45, 2.75) is 91.9 Å². The third-order valence-electron chi connectivity index (χ3n) is 8.15. The van der Waals surface area contributed by atoms with Crippen molar-refractivity contribution in [2.24, 2.45) is 40.6 Å². The highest BCUT2D eigenvalue weighted by Gasteiger charge is 2.32. The van der Waals surface area contributed by atoms with E-state index < -0.39 is 53.8 Å². The normalized spacial score (nSPS) is 14.6. The van der Waals surface area contributed by atoms with Crippen LogP contribution in [0.15, 0.2) is 18.2 Å². The molecule has 1 aromatic rings. The standard InChI is InChI=1S/C30H53N3O6.C4H6O5/c1-19(2)22(14-21-10-11-26(38-8)27(15-21)39-13-9-12-37-7)16-24(31)25(34)17-23(20(3)4)28(35)33-18-30(5,6)29(32)36;5-2(4(8)9)1-3(6)7/h10-11,15,19-20,22-25,34H,9,12-14,16-18,31H2,1-8H3,(H2,32,36)(H,33,35);2,5H,1H2,(H,6,7)(H,8,9)/t22-,23-,24-,25-;2-/m00/s1. The number of ether oxygens (including phenoxy) is 3. The van der Waals surface area contributed by atoms with Crippen molar-refractivity contribution < 1.29 is 53.8 Å². The number of amides is 2. The molecule has 1 rings (SSSR count). The molecule has 48 heavy (non-hydrogen) atoms. The molecule has 14 nitrogen and oxygen atoms in total. The van der Waals surface area contributed by atoms with Gasteiger partial charge in [-0.2, -0.15) is 0 Å². The molecular formula is C34H59N3O11. The lowest BCUT2D eigenvalue weighted by atomic mass is 9.80. The summed E-state index contributed by atoms with van der Waals surface area (Å²) in [5.41, 5.74) is 12.2. The Labute approximate surface area is 284 Å². The van der Waals surface area contributed by atoms with E-state index in [0.29, 0.717) is 37.1 Å². The lowest BCUT2D eigenvalue weighted by molar-refractivity contribution is -0.152. The molecule has 0 heterocycles. The zero-order valence-corrected chi connectivity index (χ0v) is 29.7. The number of aliphatic hydroxyl groups is 2. The number of nitrogens with two attached hydrogens (primary N) is 2. The van der Waals surface area contributed by atoms with Gasteiger partial charge in [0.15, 0.2) is 17.6 Å². The molecule has 9 N–H and O–H groups in total. The highest BCUT2D eigenvalue weighted by molar-refractivity contribution is 5.83. The SMILES string of the molecule is COCCCOc1cc(C[C@@H](C[C@H](N)[C@@H](O)C[C@H](C(=O)NCC(C)(C)C(N)=O)C(C)C)C(C)C)ccc1OC.O=C(O)C[C@H](O)C(=O)O. The first-order chi connectivity index (χ1) is 22.3. The Morgan fingerprint density at radius 3 is 2.02 bits per heavy atom. The molecule has 0 saturated heterocycles. The second kappa shape index (κ2) is 22.2. The Balaban J connectivity index is 0.00000213. The monoisotopic (exact) mass is 685 g/mol. The first-order valence-electron chi connectivity index (χ1n) is 16.2. The molecule has 5 atom stereocenters. The number of hydrogen-bond acceptors (Lipinski definition) is 10. The van der Waals surface area contributed by atoms with Gasteiger partial charge in [-0.25, -0.2) is 4.79 Å². The summed E-state index contributed by atoms with van der Waals surface area (Å²) >= 11 is 0. The molecule has 0 aliphatic heterocycles. The summed E-state index contributed by atoms with van der Waals surface area (Å²) in [6, 6.07) is 5.47. The first-order valence-corrected chi connectivity index (χ1v) is 16.2. The number of aliphatic carboxylic acids is 2. The fourth-order valence-electron chi connectivity index (χ4n) is 4.64. The van der Waals surface area contributed by atoms with E-state index in [1.807, 2.05) is 32.0 Å². The van der Waals surface area contributed by atoms with Gasteiger partial charge in [0.1, 0.15) is 0 Å². The van der Waals surface area contributed by atoms with E-state index in [2.05, 4.69) is 19.2 Å². The largest absolute Gasteiger partial charge is 0.493 e. The lowest BCUT2D eigenvalue weighted by Crippen LogP contribution is -2.46. The summed E-state index contributed by atoms with van der Waals surface area (Å²) in [7, 11) is 3.29. The highest BCUT2D eigenvalue weighted by atomic mass is 16.5. The minimum atomic E-state index is -1.79. The molecule has 0 fully saturated rings. The zero-order chi connectivity index (χ0) is 37.2. The van der Waals surface area contributed by atoms with Crippen LogP contribution in [0.3, 0.4) is 0 Å². The number of benzene rings is 1. The van der Waals surface area contributed by atoms with E-state index in [0.717, 1.165) is 18.4 Å². The van der Waals surface area contributed by atoms with Crippen LogP contribution in [0.4, 0.5) is 0 Å². The van der Waals surface area contributed by atoms with Crippen LogP contribution in [-0.2, 0) is 30.3 Å². The number of carboxylic acids is 2. The maximum Gasteiger partial charge on any atom is 0.333 e. The maximum absolute atomic E-state index is 12.9. The van der Waals surface area contributed by atoms with Crippen LogP contribution in [0.5, 0.6) is 11.5 Å². The van der Waals surface area contributed by atoms with Crippen LogP contribution < -0.4 is 26.3 Å². The van der Waals surface area contributed by atoms with Gasteiger partial charge in [0.25, 0.3) is 0 Å². The Kier molecular flexibility index (Phi) is 20.6. The van der Waals surface area contributed by atoms with Gasteiger partial charge >= 0.3 is 11.9 Å². The van der Waals surface area contributed by atoms with Crippen molar-refractivity contribution in [1.82, 2.24) is 5.32 Å². The summed E-state index contributed by atoms with van der Waals surface area (Å²) in [6.45, 7) is 12.9. The van der Waals surface area contributed by atoms with Gasteiger partial charge in [-0.3, -0.25) is 14.4 Å². The van der Waals surface area contributed by atoms with Crippen LogP contribution in [0.1, 0.15) is 72.8 Å². The van der Waals surface area contributed by atoms with Crippen LogP contribution in [0, 0.1) is 29.1 Å². The fraction of sp³-hybridized carbons (Fsp3) is 0.706. The van der Waals surface area contributed by atoms with Crippen LogP contribution >= 0.6 is 0 Å². The summed E-state index contributed by atoms with van der Waals surface area (Å²) in [5.74, 6) is -2.05. The summed E-state index contributed by atoms with van der Waals surface area (Å²) in [4.78, 5) is 44.0. The second-order valence-corrected chi connectivity index (χ2v) is 13.4. The highest BCUT2D eigenvalue weighted by Crippen LogP contribution is 2.32. The van der Waals surface area contributed by atoms with E-state index in [1.165, 1.54) is 0 Å². The third kappa shape index (κ3) is 17.1. The number of aliphatic hydroxyl groups excluding tert-OH is 2. The van der Waals surface area contributed by atoms with Gasteiger partial charge in [0.2, 0.25) is 11.8 Å². The Morgan fingerprint density at radius 2 is 1.56 bits per heavy atom. The van der Waals surface area contributed by atoms with Gasteiger partial charge < -0.3 is 51.4 Å². The van der Waals surface area contributed by atoms with Gasteiger partial charge in [-0.05, 0) is 68.6 Å². The number of methoxy groups -OCH3 is 2. The van der Waals surface area contributed by atoms with Crippen LogP contribution in [0.2, 0.25) is 0 Å². The lowest BCUT2D eigenvalue weighted by Gasteiger charge is -2.30. The molecule has 14 heteroatoms. The second-order valence-electron chi connectivity index (χ2n) is 13.4. The zero-order valence-electron chi connectivity index (χ0n) is 29.7. The van der Waals surface area contributed by atoms with Crippen molar-refractivity contribution in [3.63, 3.8) is 0 Å². The molecule has 0 spiro atoms. The molecule has 0 radical (unpaired) electrons. The molecule has 2 amide bonds. The third-order valence-corrected chi connectivity index (χ3v) is 8.15. The summed E-state index contributed by atoms with van der Waals surface area (Å²) in [6.07, 6.45) is -0.984. The number of rotatable bonds is 22. The van der Waals surface area contributed by atoms with E-state index in [9.17, 15) is 24.3 Å². The number of carboxylic acid groups (broad SMARTS) is 2. The van der Waals surface area contributed by atoms with Crippen LogP contribution in [-0.4, -0.2) is 96.4 Å². The Bertz CT molecular complexity index is 1140. The topological polar surface area (TPSA) is 241 Å². The number of hydrogen-bond donors (Lipinski definition) is 7. The van der Waals surface area contributed by atoms with Gasteiger partial charge in [-0.15, -0.1) is 0 Å².